The quantitative estimate of drug-likeness (QED) is 0.617. The minimum atomic E-state index is -0.328. The lowest BCUT2D eigenvalue weighted by molar-refractivity contribution is -0.132. The summed E-state index contributed by atoms with van der Waals surface area (Å²) in [7, 11) is 0. The highest BCUT2D eigenvalue weighted by Crippen LogP contribution is 2.01. The molecule has 0 radical (unpaired) electrons. The number of rotatable bonds is 8. The predicted molar refractivity (Wildman–Crippen MR) is 74.6 cm³/mol. The molecule has 0 aliphatic carbocycles. The minimum absolute atomic E-state index is 0.174. The van der Waals surface area contributed by atoms with Crippen molar-refractivity contribution < 1.29 is 9.59 Å². The average Bonchev–Trinajstić information content (AvgIpc) is 2.42. The maximum Gasteiger partial charge on any atom is 0.231 e. The van der Waals surface area contributed by atoms with Crippen molar-refractivity contribution in [3.05, 3.63) is 0 Å². The molecule has 0 aromatic rings. The lowest BCUT2D eigenvalue weighted by Gasteiger charge is -2.28. The molecule has 110 valence electrons. The van der Waals surface area contributed by atoms with Crippen LogP contribution in [-0.2, 0) is 9.59 Å². The lowest BCUT2D eigenvalue weighted by atomic mass is 10.2. The van der Waals surface area contributed by atoms with E-state index in [4.69, 9.17) is 5.73 Å². The summed E-state index contributed by atoms with van der Waals surface area (Å²) >= 11 is 0. The van der Waals surface area contributed by atoms with Gasteiger partial charge < -0.3 is 16.0 Å². The molecule has 6 nitrogen and oxygen atoms in total. The summed E-state index contributed by atoms with van der Waals surface area (Å²) < 4.78 is 0. The second-order valence-electron chi connectivity index (χ2n) is 4.98. The van der Waals surface area contributed by atoms with Crippen LogP contribution in [0.25, 0.3) is 0 Å². The van der Waals surface area contributed by atoms with Gasteiger partial charge in [-0.3, -0.25) is 14.5 Å². The van der Waals surface area contributed by atoms with E-state index in [9.17, 15) is 9.59 Å². The summed E-state index contributed by atoms with van der Waals surface area (Å²) in [5, 5.41) is 3.22. The van der Waals surface area contributed by atoms with Gasteiger partial charge in [0.15, 0.2) is 0 Å². The third-order valence-corrected chi connectivity index (χ3v) is 3.32. The largest absolute Gasteiger partial charge is 0.369 e. The number of amides is 2. The van der Waals surface area contributed by atoms with Crippen LogP contribution < -0.4 is 11.1 Å². The van der Waals surface area contributed by atoms with Crippen molar-refractivity contribution in [2.24, 2.45) is 5.73 Å². The molecule has 0 spiro atoms. The lowest BCUT2D eigenvalue weighted by Crippen LogP contribution is -2.47. The van der Waals surface area contributed by atoms with E-state index in [2.05, 4.69) is 12.2 Å². The molecule has 19 heavy (non-hydrogen) atoms. The van der Waals surface area contributed by atoms with Gasteiger partial charge >= 0.3 is 0 Å². The van der Waals surface area contributed by atoms with Gasteiger partial charge in [0.05, 0.1) is 6.54 Å². The highest BCUT2D eigenvalue weighted by atomic mass is 16.2. The van der Waals surface area contributed by atoms with E-state index < -0.39 is 0 Å². The Morgan fingerprint density at radius 2 is 1.95 bits per heavy atom. The molecule has 0 aromatic carbocycles. The van der Waals surface area contributed by atoms with Crippen molar-refractivity contribution >= 4 is 11.8 Å². The van der Waals surface area contributed by atoms with Gasteiger partial charge in [-0.25, -0.2) is 0 Å². The zero-order valence-corrected chi connectivity index (χ0v) is 11.9. The molecule has 0 aromatic heterocycles. The molecule has 1 aliphatic rings. The molecule has 0 saturated carbocycles. The van der Waals surface area contributed by atoms with Crippen molar-refractivity contribution in [1.82, 2.24) is 15.1 Å². The molecule has 0 atom stereocenters. The molecule has 1 aliphatic heterocycles. The Kier molecular flexibility index (Phi) is 7.43. The number of hydrogen-bond donors (Lipinski definition) is 2. The third kappa shape index (κ3) is 6.54. The number of nitrogens with one attached hydrogen (secondary N) is 1. The Bertz CT molecular complexity index is 290. The molecular weight excluding hydrogens is 244 g/mol. The summed E-state index contributed by atoms with van der Waals surface area (Å²) in [5.74, 6) is -0.154. The predicted octanol–water partition coefficient (Wildman–Crippen LogP) is -0.604. The van der Waals surface area contributed by atoms with Crippen LogP contribution in [0.1, 0.15) is 26.2 Å². The van der Waals surface area contributed by atoms with Crippen LogP contribution in [0, 0.1) is 0 Å². The average molecular weight is 270 g/mol. The van der Waals surface area contributed by atoms with E-state index in [0.717, 1.165) is 45.6 Å². The normalized spacial score (nSPS) is 15.8. The number of hydrogen-bond acceptors (Lipinski definition) is 4. The zero-order valence-electron chi connectivity index (χ0n) is 11.9. The molecule has 2 amide bonds. The summed E-state index contributed by atoms with van der Waals surface area (Å²) in [4.78, 5) is 26.9. The molecule has 6 heteroatoms. The minimum Gasteiger partial charge on any atom is -0.369 e. The van der Waals surface area contributed by atoms with Crippen molar-refractivity contribution in [2.75, 3.05) is 45.8 Å². The number of primary amides is 1. The van der Waals surface area contributed by atoms with Crippen LogP contribution in [0.3, 0.4) is 0 Å². The first-order valence-corrected chi connectivity index (χ1v) is 7.12. The van der Waals surface area contributed by atoms with Gasteiger partial charge in [0.1, 0.15) is 0 Å². The fourth-order valence-corrected chi connectivity index (χ4v) is 2.20. The number of nitrogens with two attached hydrogens (primary N) is 1. The first-order chi connectivity index (χ1) is 9.13. The fraction of sp³-hybridized carbons (Fsp3) is 0.846. The zero-order chi connectivity index (χ0) is 14.1. The van der Waals surface area contributed by atoms with Crippen molar-refractivity contribution in [1.29, 1.82) is 0 Å². The molecule has 1 rings (SSSR count). The number of carbonyl (C=O) groups excluding carboxylic acids is 2. The van der Waals surface area contributed by atoms with Crippen LogP contribution in [0.4, 0.5) is 0 Å². The van der Waals surface area contributed by atoms with Gasteiger partial charge in [0, 0.05) is 39.1 Å². The molecule has 0 unspecified atom stereocenters. The molecular formula is C13H26N4O2. The highest BCUT2D eigenvalue weighted by Gasteiger charge is 2.17. The van der Waals surface area contributed by atoms with Crippen LogP contribution >= 0.6 is 0 Å². The second kappa shape index (κ2) is 8.87. The van der Waals surface area contributed by atoms with Crippen LogP contribution in [0.5, 0.6) is 0 Å². The van der Waals surface area contributed by atoms with Crippen LogP contribution in [-0.4, -0.2) is 67.4 Å². The summed E-state index contributed by atoms with van der Waals surface area (Å²) in [6.45, 7) is 7.09. The van der Waals surface area contributed by atoms with Crippen molar-refractivity contribution in [3.8, 4) is 0 Å². The van der Waals surface area contributed by atoms with E-state index in [1.165, 1.54) is 0 Å². The van der Waals surface area contributed by atoms with E-state index in [-0.39, 0.29) is 18.4 Å². The topological polar surface area (TPSA) is 78.7 Å². The standard InChI is InChI=1S/C13H26N4O2/c1-2-3-7-16(11-12(14)18)8-4-13(19)17-9-5-15-6-10-17/h15H,2-11H2,1H3,(H2,14,18). The van der Waals surface area contributed by atoms with Crippen molar-refractivity contribution in [2.45, 2.75) is 26.2 Å². The number of carbonyl (C=O) groups is 2. The number of unbranched alkanes of at least 4 members (excludes halogenated alkanes) is 1. The SMILES string of the molecule is CCCCN(CCC(=O)N1CCNCC1)CC(N)=O. The number of nitrogens with zero attached hydrogens (tertiary/aromatic N) is 2. The Labute approximate surface area is 115 Å². The van der Waals surface area contributed by atoms with Crippen molar-refractivity contribution in [3.63, 3.8) is 0 Å². The Morgan fingerprint density at radius 1 is 1.26 bits per heavy atom. The van der Waals surface area contributed by atoms with E-state index >= 15 is 0 Å². The van der Waals surface area contributed by atoms with Gasteiger partial charge in [0.25, 0.3) is 0 Å². The summed E-state index contributed by atoms with van der Waals surface area (Å²) in [5.41, 5.74) is 5.23. The molecule has 1 saturated heterocycles. The molecule has 0 bridgehead atoms. The smallest absolute Gasteiger partial charge is 0.231 e. The van der Waals surface area contributed by atoms with Gasteiger partial charge in [-0.05, 0) is 13.0 Å². The Morgan fingerprint density at radius 3 is 2.53 bits per heavy atom. The maximum atomic E-state index is 12.0. The summed E-state index contributed by atoms with van der Waals surface area (Å²) in [6, 6.07) is 0. The van der Waals surface area contributed by atoms with Crippen LogP contribution in [0.2, 0.25) is 0 Å². The monoisotopic (exact) mass is 270 g/mol. The van der Waals surface area contributed by atoms with Crippen LogP contribution in [0.15, 0.2) is 0 Å². The third-order valence-electron chi connectivity index (χ3n) is 3.32. The van der Waals surface area contributed by atoms with Gasteiger partial charge in [-0.2, -0.15) is 0 Å². The second-order valence-corrected chi connectivity index (χ2v) is 4.98. The Hall–Kier alpha value is -1.14. The van der Waals surface area contributed by atoms with E-state index in [1.807, 2.05) is 9.80 Å². The first-order valence-electron chi connectivity index (χ1n) is 7.12. The molecule has 1 heterocycles. The van der Waals surface area contributed by atoms with Gasteiger partial charge in [-0.15, -0.1) is 0 Å². The molecule has 3 N–H and O–H groups in total. The number of piperazine rings is 1. The van der Waals surface area contributed by atoms with E-state index in [0.29, 0.717) is 13.0 Å². The summed E-state index contributed by atoms with van der Waals surface area (Å²) in [6.07, 6.45) is 2.56. The van der Waals surface area contributed by atoms with Gasteiger partial charge in [-0.1, -0.05) is 13.3 Å². The molecule has 1 fully saturated rings. The highest BCUT2D eigenvalue weighted by molar-refractivity contribution is 5.77. The maximum absolute atomic E-state index is 12.0. The van der Waals surface area contributed by atoms with E-state index in [1.54, 1.807) is 0 Å². The van der Waals surface area contributed by atoms with Gasteiger partial charge in [0.2, 0.25) is 11.8 Å². The fourth-order valence-electron chi connectivity index (χ4n) is 2.20. The Balaban J connectivity index is 2.32. The first kappa shape index (κ1) is 15.9.